The molecule has 1 aromatic carbocycles. The van der Waals surface area contributed by atoms with Crippen molar-refractivity contribution < 1.29 is 14.3 Å². The van der Waals surface area contributed by atoms with Crippen LogP contribution in [-0.2, 0) is 16.1 Å². The van der Waals surface area contributed by atoms with E-state index in [1.54, 1.807) is 22.5 Å². The van der Waals surface area contributed by atoms with Crippen LogP contribution >= 0.6 is 0 Å². The topological polar surface area (TPSA) is 96.8 Å². The standard InChI is InChI=1S/C23H35N5O4/c1-6-13-28-21(25-18-12-10-9-11-17(18)22(28)30)19(7-2)27(15-14-26(4)5)23(31)24-16-20(29)32-8-3/h9-12,19H,6-8,13-16H2,1-5H3,(H,24,31). The molecule has 2 rings (SSSR count). The molecule has 1 atom stereocenters. The molecule has 1 unspecified atom stereocenters. The normalized spacial score (nSPS) is 12.1. The third-order valence-electron chi connectivity index (χ3n) is 5.14. The summed E-state index contributed by atoms with van der Waals surface area (Å²) >= 11 is 0. The third kappa shape index (κ3) is 6.29. The first kappa shape index (κ1) is 25.3. The smallest absolute Gasteiger partial charge is 0.325 e. The first-order chi connectivity index (χ1) is 15.3. The van der Waals surface area contributed by atoms with Crippen molar-refractivity contribution in [1.29, 1.82) is 0 Å². The summed E-state index contributed by atoms with van der Waals surface area (Å²) in [6.07, 6.45) is 1.32. The molecule has 0 saturated heterocycles. The Morgan fingerprint density at radius 3 is 2.50 bits per heavy atom. The van der Waals surface area contributed by atoms with Gasteiger partial charge in [0.2, 0.25) is 0 Å². The van der Waals surface area contributed by atoms with Crippen LogP contribution in [0.3, 0.4) is 0 Å². The molecule has 2 aromatic rings. The maximum absolute atomic E-state index is 13.2. The molecule has 32 heavy (non-hydrogen) atoms. The van der Waals surface area contributed by atoms with Crippen molar-refractivity contribution in [2.45, 2.75) is 46.2 Å². The lowest BCUT2D eigenvalue weighted by molar-refractivity contribution is -0.141. The average molecular weight is 446 g/mol. The molecule has 9 heteroatoms. The number of ether oxygens (including phenoxy) is 1. The zero-order chi connectivity index (χ0) is 23.7. The number of likely N-dealkylation sites (N-methyl/N-ethyl adjacent to an activating group) is 1. The van der Waals surface area contributed by atoms with Gasteiger partial charge in [-0.1, -0.05) is 26.0 Å². The molecule has 0 saturated carbocycles. The predicted molar refractivity (Wildman–Crippen MR) is 125 cm³/mol. The van der Waals surface area contributed by atoms with Gasteiger partial charge in [0.25, 0.3) is 5.56 Å². The molecule has 9 nitrogen and oxygen atoms in total. The van der Waals surface area contributed by atoms with Gasteiger partial charge in [0.05, 0.1) is 23.6 Å². The lowest BCUT2D eigenvalue weighted by Crippen LogP contribution is -2.47. The molecule has 1 aromatic heterocycles. The Kier molecular flexibility index (Phi) is 9.64. The van der Waals surface area contributed by atoms with Gasteiger partial charge in [-0.15, -0.1) is 0 Å². The van der Waals surface area contributed by atoms with E-state index in [0.717, 1.165) is 6.42 Å². The van der Waals surface area contributed by atoms with Crippen LogP contribution in [0.15, 0.2) is 29.1 Å². The predicted octanol–water partition coefficient (Wildman–Crippen LogP) is 2.39. The molecule has 1 N–H and O–H groups in total. The number of fused-ring (bicyclic) bond motifs is 1. The van der Waals surface area contributed by atoms with E-state index in [1.165, 1.54) is 0 Å². The Bertz CT molecular complexity index is 973. The van der Waals surface area contributed by atoms with Gasteiger partial charge < -0.3 is 19.9 Å². The summed E-state index contributed by atoms with van der Waals surface area (Å²) in [7, 11) is 3.86. The Morgan fingerprint density at radius 2 is 1.88 bits per heavy atom. The summed E-state index contributed by atoms with van der Waals surface area (Å²) < 4.78 is 6.60. The Labute approximate surface area is 189 Å². The summed E-state index contributed by atoms with van der Waals surface area (Å²) in [6, 6.07) is 6.44. The van der Waals surface area contributed by atoms with Crippen molar-refractivity contribution >= 4 is 22.9 Å². The number of benzene rings is 1. The Morgan fingerprint density at radius 1 is 1.16 bits per heavy atom. The molecular formula is C23H35N5O4. The number of nitrogens with zero attached hydrogens (tertiary/aromatic N) is 4. The minimum Gasteiger partial charge on any atom is -0.465 e. The fourth-order valence-electron chi connectivity index (χ4n) is 3.59. The van der Waals surface area contributed by atoms with Crippen LogP contribution in [-0.4, -0.2) is 71.7 Å². The first-order valence-corrected chi connectivity index (χ1v) is 11.2. The number of esters is 1. The first-order valence-electron chi connectivity index (χ1n) is 11.2. The van der Waals surface area contributed by atoms with Crippen molar-refractivity contribution in [3.63, 3.8) is 0 Å². The largest absolute Gasteiger partial charge is 0.465 e. The molecule has 0 bridgehead atoms. The van der Waals surface area contributed by atoms with Gasteiger partial charge in [-0.25, -0.2) is 9.78 Å². The van der Waals surface area contributed by atoms with Gasteiger partial charge in [-0.05, 0) is 46.0 Å². The Balaban J connectivity index is 2.49. The highest BCUT2D eigenvalue weighted by molar-refractivity contribution is 5.81. The van der Waals surface area contributed by atoms with Crippen molar-refractivity contribution in [3.05, 3.63) is 40.4 Å². The second kappa shape index (κ2) is 12.2. The van der Waals surface area contributed by atoms with Crippen LogP contribution < -0.4 is 10.9 Å². The fraction of sp³-hybridized carbons (Fsp3) is 0.565. The van der Waals surface area contributed by atoms with Crippen molar-refractivity contribution in [2.24, 2.45) is 0 Å². The number of rotatable bonds is 11. The number of carbonyl (C=O) groups excluding carboxylic acids is 2. The van der Waals surface area contributed by atoms with Crippen LogP contribution in [0, 0.1) is 0 Å². The minimum absolute atomic E-state index is 0.106. The molecule has 176 valence electrons. The van der Waals surface area contributed by atoms with E-state index in [-0.39, 0.29) is 18.7 Å². The summed E-state index contributed by atoms with van der Waals surface area (Å²) in [6.45, 7) is 7.26. The van der Waals surface area contributed by atoms with E-state index < -0.39 is 18.0 Å². The molecule has 0 aliphatic heterocycles. The van der Waals surface area contributed by atoms with Crippen molar-refractivity contribution in [1.82, 2.24) is 24.7 Å². The van der Waals surface area contributed by atoms with Gasteiger partial charge in [-0.2, -0.15) is 0 Å². The van der Waals surface area contributed by atoms with Crippen LogP contribution in [0.1, 0.15) is 45.5 Å². The molecule has 0 aliphatic rings. The second-order valence-corrected chi connectivity index (χ2v) is 7.83. The maximum atomic E-state index is 13.2. The number of hydrogen-bond acceptors (Lipinski definition) is 6. The third-order valence-corrected chi connectivity index (χ3v) is 5.14. The van der Waals surface area contributed by atoms with Crippen molar-refractivity contribution in [3.8, 4) is 0 Å². The summed E-state index contributed by atoms with van der Waals surface area (Å²) in [5.41, 5.74) is 0.503. The van der Waals surface area contributed by atoms with Crippen LogP contribution in [0.5, 0.6) is 0 Å². The van der Waals surface area contributed by atoms with E-state index in [1.807, 2.05) is 51.0 Å². The SMILES string of the molecule is CCCn1c(C(CC)N(CCN(C)C)C(=O)NCC(=O)OCC)nc2ccccc2c1=O. The van der Waals surface area contributed by atoms with E-state index in [4.69, 9.17) is 9.72 Å². The summed E-state index contributed by atoms with van der Waals surface area (Å²) in [5.74, 6) is 0.0660. The fourth-order valence-corrected chi connectivity index (χ4v) is 3.59. The summed E-state index contributed by atoms with van der Waals surface area (Å²) in [5, 5.41) is 3.22. The number of amides is 2. The molecule has 0 radical (unpaired) electrons. The highest BCUT2D eigenvalue weighted by atomic mass is 16.5. The van der Waals surface area contributed by atoms with E-state index in [9.17, 15) is 14.4 Å². The molecule has 0 spiro atoms. The van der Waals surface area contributed by atoms with Gasteiger partial charge in [-0.3, -0.25) is 14.2 Å². The number of para-hydroxylation sites is 1. The maximum Gasteiger partial charge on any atom is 0.325 e. The number of aromatic nitrogens is 2. The molecule has 0 fully saturated rings. The average Bonchev–Trinajstić information content (AvgIpc) is 2.77. The van der Waals surface area contributed by atoms with E-state index in [0.29, 0.717) is 42.8 Å². The molecule has 2 amide bonds. The van der Waals surface area contributed by atoms with Gasteiger partial charge in [0.1, 0.15) is 12.4 Å². The molecular weight excluding hydrogens is 410 g/mol. The number of hydrogen-bond donors (Lipinski definition) is 1. The highest BCUT2D eigenvalue weighted by Gasteiger charge is 2.28. The lowest BCUT2D eigenvalue weighted by Gasteiger charge is -2.33. The minimum atomic E-state index is -0.492. The summed E-state index contributed by atoms with van der Waals surface area (Å²) in [4.78, 5) is 46.6. The van der Waals surface area contributed by atoms with E-state index >= 15 is 0 Å². The quantitative estimate of drug-likeness (QED) is 0.534. The van der Waals surface area contributed by atoms with Gasteiger partial charge in [0, 0.05) is 19.6 Å². The van der Waals surface area contributed by atoms with Gasteiger partial charge >= 0.3 is 12.0 Å². The number of nitrogens with one attached hydrogen (secondary N) is 1. The zero-order valence-corrected chi connectivity index (χ0v) is 19.8. The van der Waals surface area contributed by atoms with Crippen LogP contribution in [0.25, 0.3) is 10.9 Å². The van der Waals surface area contributed by atoms with Crippen molar-refractivity contribution in [2.75, 3.05) is 40.3 Å². The zero-order valence-electron chi connectivity index (χ0n) is 19.8. The van der Waals surface area contributed by atoms with Gasteiger partial charge in [0.15, 0.2) is 0 Å². The monoisotopic (exact) mass is 445 g/mol. The Hall–Kier alpha value is -2.94. The van der Waals surface area contributed by atoms with Crippen LogP contribution in [0.2, 0.25) is 0 Å². The number of carbonyl (C=O) groups is 2. The highest BCUT2D eigenvalue weighted by Crippen LogP contribution is 2.24. The second-order valence-electron chi connectivity index (χ2n) is 7.83. The van der Waals surface area contributed by atoms with E-state index in [2.05, 4.69) is 5.32 Å². The van der Waals surface area contributed by atoms with Crippen LogP contribution in [0.4, 0.5) is 4.79 Å². The lowest BCUT2D eigenvalue weighted by atomic mass is 10.1. The molecule has 0 aliphatic carbocycles. The number of urea groups is 1. The molecule has 1 heterocycles.